The Morgan fingerprint density at radius 1 is 0.457 bits per heavy atom. The number of nitrogens with zero attached hydrogens (tertiary/aromatic N) is 2. The second-order valence-corrected chi connectivity index (χ2v) is 8.34. The molecule has 136 valence electrons. The first-order chi connectivity index (χ1) is 16.4. The van der Waals surface area contributed by atoms with Crippen LogP contribution in [0.3, 0.4) is 0 Å². The van der Waals surface area contributed by atoms with E-state index in [9.17, 15) is 0 Å². The molecule has 0 aliphatic heterocycles. The number of benzene rings is 3. The number of rotatable bonds is 1. The van der Waals surface area contributed by atoms with Gasteiger partial charge in [0.15, 0.2) is 0 Å². The number of hydrogen-bond acceptors (Lipinski definition) is 3. The van der Waals surface area contributed by atoms with E-state index in [1.54, 1.807) is 0 Å². The van der Waals surface area contributed by atoms with E-state index in [0.29, 0.717) is 5.39 Å². The van der Waals surface area contributed by atoms with Crippen LogP contribution in [0.1, 0.15) is 0 Å². The normalized spacial score (nSPS) is 11.7. The minimum absolute atomic E-state index is 0.0107. The van der Waals surface area contributed by atoms with Crippen molar-refractivity contribution in [2.75, 3.05) is 0 Å². The molecular weight excluding hydrogens is 439 g/mol. The van der Waals surface area contributed by atoms with E-state index in [4.69, 9.17) is 102 Å². The first-order valence-corrected chi connectivity index (χ1v) is 10.3. The third-order valence-corrected chi connectivity index (χ3v) is 6.32. The van der Waals surface area contributed by atoms with Crippen molar-refractivity contribution < 1.29 is 4.42 Å². The van der Waals surface area contributed by atoms with Gasteiger partial charge in [0, 0.05) is 21.7 Å². The van der Waals surface area contributed by atoms with Crippen LogP contribution in [0.5, 0.6) is 0 Å². The Bertz CT molecular complexity index is 1780. The van der Waals surface area contributed by atoms with Gasteiger partial charge in [-0.2, -0.15) is 0 Å². The average Bonchev–Trinajstić information content (AvgIpc) is 3.22. The Morgan fingerprint density at radius 3 is 1.51 bits per heavy atom. The molecule has 0 aliphatic rings. The summed E-state index contributed by atoms with van der Waals surface area (Å²) in [4.78, 5) is 8.53. The van der Waals surface area contributed by atoms with Crippen LogP contribution in [-0.2, 0) is 0 Å². The van der Waals surface area contributed by atoms with Crippen LogP contribution < -0.4 is 60.1 Å². The summed E-state index contributed by atoms with van der Waals surface area (Å²) < 4.78 is 6.13. The summed E-state index contributed by atoms with van der Waals surface area (Å²) in [5.41, 5.74) is 1.21. The molecule has 2 heterocycles. The van der Waals surface area contributed by atoms with E-state index in [0.717, 1.165) is 0 Å². The molecule has 0 N–H and O–H groups in total. The Labute approximate surface area is 221 Å². The lowest BCUT2D eigenvalue weighted by atomic mass is 9.63. The summed E-state index contributed by atoms with van der Waals surface area (Å²) in [6.07, 6.45) is 0. The monoisotopic (exact) mass is 440 g/mol. The lowest BCUT2D eigenvalue weighted by Gasteiger charge is -2.20. The van der Waals surface area contributed by atoms with Gasteiger partial charge in [-0.25, -0.2) is 9.97 Å². The van der Waals surface area contributed by atoms with Crippen LogP contribution >= 0.6 is 11.6 Å². The average molecular weight is 439 g/mol. The van der Waals surface area contributed by atoms with Crippen molar-refractivity contribution in [3.8, 4) is 11.3 Å². The molecule has 15 heteroatoms. The fourth-order valence-corrected chi connectivity index (χ4v) is 4.42. The molecule has 0 spiro atoms. The third kappa shape index (κ3) is 3.21. The lowest BCUT2D eigenvalue weighted by Crippen LogP contribution is -2.48. The summed E-state index contributed by atoms with van der Waals surface area (Å²) >= 11 is 6.24. The molecule has 0 fully saturated rings. The molecule has 0 saturated carbocycles. The first kappa shape index (κ1) is 24.5. The van der Waals surface area contributed by atoms with Crippen LogP contribution in [0.4, 0.5) is 0 Å². The number of halogens is 1. The van der Waals surface area contributed by atoms with Crippen molar-refractivity contribution in [3.63, 3.8) is 0 Å². The van der Waals surface area contributed by atoms with E-state index in [1.807, 2.05) is 0 Å². The van der Waals surface area contributed by atoms with Gasteiger partial charge in [-0.3, -0.25) is 0 Å². The highest BCUT2D eigenvalue weighted by Crippen LogP contribution is 2.33. The van der Waals surface area contributed by atoms with Gasteiger partial charge in [-0.15, -0.1) is 27.3 Å². The molecule has 0 amide bonds. The van der Waals surface area contributed by atoms with E-state index in [1.165, 1.54) is 0 Å². The largest absolute Gasteiger partial charge is 0.456 e. The van der Waals surface area contributed by atoms with Gasteiger partial charge < -0.3 is 4.42 Å². The highest BCUT2D eigenvalue weighted by molar-refractivity contribution is 6.70. The minimum Gasteiger partial charge on any atom is -0.456 e. The molecule has 3 nitrogen and oxygen atoms in total. The quantitative estimate of drug-likeness (QED) is 0.193. The second kappa shape index (κ2) is 8.16. The molecule has 0 saturated heterocycles. The molecule has 3 aromatic carbocycles. The number of furan rings is 1. The Balaban J connectivity index is 2.11. The van der Waals surface area contributed by atoms with Gasteiger partial charge in [-0.05, 0) is 11.6 Å². The van der Waals surface area contributed by atoms with Gasteiger partial charge in [0.2, 0.25) is 5.28 Å². The van der Waals surface area contributed by atoms with Crippen molar-refractivity contribution in [2.45, 2.75) is 0 Å². The third-order valence-electron chi connectivity index (χ3n) is 6.15. The highest BCUT2D eigenvalue weighted by atomic mass is 35.5. The van der Waals surface area contributed by atoms with E-state index < -0.39 is 0 Å². The lowest BCUT2D eigenvalue weighted by molar-refractivity contribution is 0.673. The van der Waals surface area contributed by atoms with Crippen LogP contribution in [0.15, 0.2) is 4.42 Å². The molecule has 22 radical (unpaired) electrons. The molecule has 0 unspecified atom stereocenters. The Hall–Kier alpha value is -2.20. The zero-order valence-corrected chi connectivity index (χ0v) is 18.8. The maximum atomic E-state index is 6.43. The summed E-state index contributed by atoms with van der Waals surface area (Å²) in [5.74, 6) is 0. The van der Waals surface area contributed by atoms with E-state index in [-0.39, 0.29) is 104 Å². The summed E-state index contributed by atoms with van der Waals surface area (Å²) in [6.45, 7) is 0. The highest BCUT2D eigenvalue weighted by Gasteiger charge is 2.25. The molecule has 0 bridgehead atoms. The zero-order valence-electron chi connectivity index (χ0n) is 18.0. The molecule has 0 atom stereocenters. The zero-order chi connectivity index (χ0) is 25.7. The van der Waals surface area contributed by atoms with Gasteiger partial charge in [0.25, 0.3) is 0 Å². The number of hydrogen-bond donors (Lipinski definition) is 0. The SMILES string of the molecule is [B]c1c([B])c([B])c2c(-c3c([B])c([B])c([B])c4c3oc3c([B])c([B])c([B])c([B])c34)nc(Cl)nc2c1[B]. The van der Waals surface area contributed by atoms with Gasteiger partial charge in [-0.1, -0.05) is 32.8 Å². The van der Waals surface area contributed by atoms with Gasteiger partial charge in [0.1, 0.15) is 97.5 Å². The topological polar surface area (TPSA) is 38.9 Å². The molecule has 2 aromatic heterocycles. The second-order valence-electron chi connectivity index (χ2n) is 8.00. The van der Waals surface area contributed by atoms with Crippen molar-refractivity contribution in [1.82, 2.24) is 9.97 Å². The minimum atomic E-state index is -0.186. The van der Waals surface area contributed by atoms with Crippen molar-refractivity contribution >= 4 is 191 Å². The molecular formula is C20B11ClN2O. The fraction of sp³-hybridized carbons (Fsp3) is 0. The number of aromatic nitrogens is 2. The molecule has 5 rings (SSSR count). The smallest absolute Gasteiger partial charge is 0.223 e. The maximum Gasteiger partial charge on any atom is 0.223 e. The van der Waals surface area contributed by atoms with Crippen LogP contribution in [0.2, 0.25) is 5.28 Å². The van der Waals surface area contributed by atoms with Gasteiger partial charge >= 0.3 is 0 Å². The number of fused-ring (bicyclic) bond motifs is 4. The summed E-state index contributed by atoms with van der Waals surface area (Å²) in [5, 5.41) is 0.622. The van der Waals surface area contributed by atoms with Crippen molar-refractivity contribution in [3.05, 3.63) is 5.28 Å². The predicted molar refractivity (Wildman–Crippen MR) is 157 cm³/mol. The summed E-state index contributed by atoms with van der Waals surface area (Å²) in [7, 11) is 68.2. The van der Waals surface area contributed by atoms with Crippen molar-refractivity contribution in [1.29, 1.82) is 0 Å². The van der Waals surface area contributed by atoms with E-state index in [2.05, 4.69) is 9.97 Å². The summed E-state index contributed by atoms with van der Waals surface area (Å²) in [6, 6.07) is 0. The standard InChI is InChI=1S/C20B11ClN2O/c21-5-1-2-6(22)10(26)13(29)15(31)19(2)35-18(1)4(8(24)9(5)25)16-3-7(23)11(27)12(28)14(30)17(3)34-20(32)33-16. The fourth-order valence-electron chi connectivity index (χ4n) is 4.25. The predicted octanol–water partition coefficient (Wildman–Crippen LogP) is -7.42. The first-order valence-electron chi connectivity index (χ1n) is 9.92. The molecule has 35 heavy (non-hydrogen) atoms. The van der Waals surface area contributed by atoms with Crippen LogP contribution in [0, 0.1) is 0 Å². The molecule has 5 aromatic rings. The van der Waals surface area contributed by atoms with Crippen molar-refractivity contribution in [2.24, 2.45) is 0 Å². The van der Waals surface area contributed by atoms with Crippen LogP contribution in [0.25, 0.3) is 44.1 Å². The maximum absolute atomic E-state index is 6.43. The van der Waals surface area contributed by atoms with Crippen LogP contribution in [-0.4, -0.2) is 96.3 Å². The van der Waals surface area contributed by atoms with E-state index >= 15 is 0 Å². The van der Waals surface area contributed by atoms with Gasteiger partial charge in [0.05, 0.1) is 11.2 Å². The Morgan fingerprint density at radius 2 is 0.914 bits per heavy atom. The Kier molecular flexibility index (Phi) is 5.71. The molecule has 0 aliphatic carbocycles.